The second kappa shape index (κ2) is 11.0. The number of benzene rings is 2. The Morgan fingerprint density at radius 2 is 1.82 bits per heavy atom. The Morgan fingerprint density at radius 1 is 1.11 bits per heavy atom. The number of carbonyl (C=O) groups is 1. The Kier molecular flexibility index (Phi) is 7.95. The number of aliphatic carboxylic acids is 1. The summed E-state index contributed by atoms with van der Waals surface area (Å²) in [7, 11) is -1.20. The molecule has 0 amide bonds. The van der Waals surface area contributed by atoms with Crippen molar-refractivity contribution in [1.29, 1.82) is 0 Å². The van der Waals surface area contributed by atoms with Gasteiger partial charge in [0.25, 0.3) is 10.0 Å². The number of carboxylic acid groups (broad SMARTS) is 1. The Bertz CT molecular complexity index is 1600. The highest BCUT2D eigenvalue weighted by atomic mass is 32.2. The summed E-state index contributed by atoms with van der Waals surface area (Å²) in [5, 5.41) is 8.77. The van der Waals surface area contributed by atoms with Gasteiger partial charge in [-0.25, -0.2) is 8.42 Å². The van der Waals surface area contributed by atoms with E-state index in [0.717, 1.165) is 9.54 Å². The van der Waals surface area contributed by atoms with E-state index in [1.54, 1.807) is 43.6 Å². The molecule has 38 heavy (non-hydrogen) atoms. The van der Waals surface area contributed by atoms with Crippen LogP contribution in [0.5, 0.6) is 11.5 Å². The molecule has 0 aliphatic heterocycles. The molecular formula is C26H27N3O7S2. The monoisotopic (exact) mass is 557 g/mol. The molecule has 0 saturated carbocycles. The Hall–Kier alpha value is -3.61. The van der Waals surface area contributed by atoms with E-state index >= 15 is 0 Å². The summed E-state index contributed by atoms with van der Waals surface area (Å²) in [6, 6.07) is 10.7. The zero-order chi connectivity index (χ0) is 27.6. The molecule has 4 aromatic rings. The minimum Gasteiger partial charge on any atom is -0.609 e. The fourth-order valence-electron chi connectivity index (χ4n) is 4.11. The van der Waals surface area contributed by atoms with E-state index in [2.05, 4.69) is 9.97 Å². The van der Waals surface area contributed by atoms with Crippen LogP contribution >= 0.6 is 0 Å². The summed E-state index contributed by atoms with van der Waals surface area (Å²) in [6.07, 6.45) is 1.82. The molecule has 1 unspecified atom stereocenters. The molecule has 0 spiro atoms. The first-order valence-electron chi connectivity index (χ1n) is 11.6. The number of ether oxygens (including phenoxy) is 2. The van der Waals surface area contributed by atoms with Crippen LogP contribution in [0.15, 0.2) is 58.7 Å². The molecule has 1 atom stereocenters. The molecule has 0 bridgehead atoms. The second-order valence-corrected chi connectivity index (χ2v) is 11.7. The number of hydrogen-bond donors (Lipinski definition) is 1. The average molecular weight is 558 g/mol. The van der Waals surface area contributed by atoms with Crippen molar-refractivity contribution < 1.29 is 32.3 Å². The first-order valence-corrected chi connectivity index (χ1v) is 14.3. The van der Waals surface area contributed by atoms with Gasteiger partial charge in [0.2, 0.25) is 0 Å². The van der Waals surface area contributed by atoms with Gasteiger partial charge in [-0.05, 0) is 50.1 Å². The molecule has 4 rings (SSSR count). The van der Waals surface area contributed by atoms with Crippen molar-refractivity contribution in [3.8, 4) is 11.5 Å². The molecule has 0 aliphatic rings. The number of methoxy groups -OCH3 is 2. The number of hydrogen-bond acceptors (Lipinski definition) is 8. The zero-order valence-electron chi connectivity index (χ0n) is 21.3. The fourth-order valence-corrected chi connectivity index (χ4v) is 7.16. The number of aromatic nitrogens is 3. The predicted molar refractivity (Wildman–Crippen MR) is 142 cm³/mol. The molecule has 10 nitrogen and oxygen atoms in total. The summed E-state index contributed by atoms with van der Waals surface area (Å²) in [4.78, 5) is 19.7. The number of pyridine rings is 1. The third-order valence-electron chi connectivity index (χ3n) is 6.10. The molecule has 2 aromatic carbocycles. The first kappa shape index (κ1) is 27.4. The number of nitrogens with zero attached hydrogens (tertiary/aromatic N) is 3. The lowest BCUT2D eigenvalue weighted by Crippen LogP contribution is -2.21. The summed E-state index contributed by atoms with van der Waals surface area (Å²) >= 11 is -1.90. The lowest BCUT2D eigenvalue weighted by Gasteiger charge is -2.15. The van der Waals surface area contributed by atoms with E-state index < -0.39 is 27.2 Å². The minimum atomic E-state index is -4.23. The van der Waals surface area contributed by atoms with E-state index in [9.17, 15) is 17.8 Å². The smallest absolute Gasteiger partial charge is 0.338 e. The molecule has 0 fully saturated rings. The SMILES string of the molecule is COc1ccc2c(c1)nc([S+]([O-])Cc1ncc(C)c(OC)c1C)n2S(=O)(=O)c1ccc(CCC(=O)O)cc1. The van der Waals surface area contributed by atoms with Crippen molar-refractivity contribution >= 4 is 38.2 Å². The largest absolute Gasteiger partial charge is 0.609 e. The van der Waals surface area contributed by atoms with Crippen LogP contribution < -0.4 is 9.47 Å². The van der Waals surface area contributed by atoms with Crippen molar-refractivity contribution in [2.75, 3.05) is 14.2 Å². The topological polar surface area (TPSA) is 144 Å². The third-order valence-corrected chi connectivity index (χ3v) is 9.15. The quantitative estimate of drug-likeness (QED) is 0.289. The van der Waals surface area contributed by atoms with Gasteiger partial charge in [-0.1, -0.05) is 12.1 Å². The molecule has 0 radical (unpaired) electrons. The summed E-state index contributed by atoms with van der Waals surface area (Å²) < 4.78 is 53.1. The molecule has 1 N–H and O–H groups in total. The maximum atomic E-state index is 13.9. The van der Waals surface area contributed by atoms with Gasteiger partial charge in [0.1, 0.15) is 11.5 Å². The van der Waals surface area contributed by atoms with E-state index in [-0.39, 0.29) is 34.2 Å². The maximum Gasteiger partial charge on any atom is 0.338 e. The zero-order valence-corrected chi connectivity index (χ0v) is 22.9. The molecular weight excluding hydrogens is 530 g/mol. The summed E-state index contributed by atoms with van der Waals surface area (Å²) in [6.45, 7) is 3.66. The number of imidazole rings is 1. The van der Waals surface area contributed by atoms with E-state index in [4.69, 9.17) is 14.6 Å². The highest BCUT2D eigenvalue weighted by molar-refractivity contribution is 7.93. The predicted octanol–water partition coefficient (Wildman–Crippen LogP) is 3.63. The van der Waals surface area contributed by atoms with Gasteiger partial charge >= 0.3 is 11.1 Å². The average Bonchev–Trinajstić information content (AvgIpc) is 3.29. The molecule has 2 aromatic heterocycles. The third kappa shape index (κ3) is 5.33. The van der Waals surface area contributed by atoms with E-state index in [1.807, 2.05) is 13.8 Å². The molecule has 0 saturated heterocycles. The summed E-state index contributed by atoms with van der Waals surface area (Å²) in [5.41, 5.74) is 3.28. The molecule has 2 heterocycles. The lowest BCUT2D eigenvalue weighted by atomic mass is 10.1. The normalized spacial score (nSPS) is 12.4. The van der Waals surface area contributed by atoms with Gasteiger partial charge in [-0.2, -0.15) is 8.96 Å². The first-order chi connectivity index (χ1) is 18.1. The summed E-state index contributed by atoms with van der Waals surface area (Å²) in [5.74, 6) is 0.0818. The minimum absolute atomic E-state index is 0.0451. The van der Waals surface area contributed by atoms with Crippen LogP contribution in [0, 0.1) is 13.8 Å². The van der Waals surface area contributed by atoms with Gasteiger partial charge in [0, 0.05) is 41.0 Å². The fraction of sp³-hybridized carbons (Fsp3) is 0.269. The molecule has 0 aliphatic carbocycles. The lowest BCUT2D eigenvalue weighted by molar-refractivity contribution is -0.136. The number of rotatable bonds is 10. The van der Waals surface area contributed by atoms with Gasteiger partial charge in [0.15, 0.2) is 5.75 Å². The van der Waals surface area contributed by atoms with Crippen LogP contribution in [0.3, 0.4) is 0 Å². The van der Waals surface area contributed by atoms with Crippen LogP contribution in [-0.2, 0) is 38.2 Å². The Morgan fingerprint density at radius 3 is 2.45 bits per heavy atom. The maximum absolute atomic E-state index is 13.9. The van der Waals surface area contributed by atoms with Crippen molar-refractivity contribution in [2.24, 2.45) is 0 Å². The van der Waals surface area contributed by atoms with Crippen molar-refractivity contribution in [2.45, 2.75) is 42.5 Å². The second-order valence-electron chi connectivity index (χ2n) is 8.59. The van der Waals surface area contributed by atoms with Crippen molar-refractivity contribution in [3.05, 3.63) is 71.0 Å². The molecule has 200 valence electrons. The van der Waals surface area contributed by atoms with Gasteiger partial charge in [-0.3, -0.25) is 9.78 Å². The highest BCUT2D eigenvalue weighted by Crippen LogP contribution is 2.31. The van der Waals surface area contributed by atoms with E-state index in [0.29, 0.717) is 33.8 Å². The van der Waals surface area contributed by atoms with Crippen molar-refractivity contribution in [1.82, 2.24) is 13.9 Å². The standard InChI is InChI=1S/C26H27N3O7S2/c1-16-14-27-22(17(2)25(16)36-4)15-37(32)26-28-21-13-19(35-3)8-11-23(21)29(26)38(33,34)20-9-5-18(6-10-20)7-12-24(30)31/h5-6,8-11,13-14H,7,12,15H2,1-4H3,(H,30,31). The number of carboxylic acids is 1. The van der Waals surface area contributed by atoms with Gasteiger partial charge in [-0.15, -0.1) is 0 Å². The van der Waals surface area contributed by atoms with E-state index in [1.165, 1.54) is 19.2 Å². The van der Waals surface area contributed by atoms with Crippen LogP contribution in [0.2, 0.25) is 0 Å². The highest BCUT2D eigenvalue weighted by Gasteiger charge is 2.32. The Balaban J connectivity index is 1.80. The van der Waals surface area contributed by atoms with Gasteiger partial charge < -0.3 is 19.1 Å². The van der Waals surface area contributed by atoms with Crippen LogP contribution in [0.1, 0.15) is 28.8 Å². The van der Waals surface area contributed by atoms with Crippen LogP contribution in [0.25, 0.3) is 11.0 Å². The van der Waals surface area contributed by atoms with Crippen LogP contribution in [0.4, 0.5) is 0 Å². The number of fused-ring (bicyclic) bond motifs is 1. The van der Waals surface area contributed by atoms with Gasteiger partial charge in [0.05, 0.1) is 35.8 Å². The van der Waals surface area contributed by atoms with Crippen LogP contribution in [-0.4, -0.2) is 52.2 Å². The van der Waals surface area contributed by atoms with Crippen molar-refractivity contribution in [3.63, 3.8) is 0 Å². The number of aryl methyl sites for hydroxylation is 2. The Labute approximate surface area is 223 Å². The molecule has 12 heteroatoms.